The highest BCUT2D eigenvalue weighted by Gasteiger charge is 2.23. The zero-order valence-electron chi connectivity index (χ0n) is 10.5. The van der Waals surface area contributed by atoms with Crippen LogP contribution in [0.5, 0.6) is 0 Å². The lowest BCUT2D eigenvalue weighted by molar-refractivity contribution is -0.117. The Morgan fingerprint density at radius 1 is 1.42 bits per heavy atom. The number of amides is 1. The summed E-state index contributed by atoms with van der Waals surface area (Å²) in [6, 6.07) is 5.11. The quantitative estimate of drug-likeness (QED) is 0.866. The molecule has 0 atom stereocenters. The van der Waals surface area contributed by atoms with E-state index in [1.807, 2.05) is 6.92 Å². The number of benzene rings is 1. The summed E-state index contributed by atoms with van der Waals surface area (Å²) >= 11 is 5.35. The lowest BCUT2D eigenvalue weighted by Gasteiger charge is -2.19. The maximum atomic E-state index is 11.7. The fourth-order valence-corrected chi connectivity index (χ4v) is 2.78. The zero-order valence-corrected chi connectivity index (χ0v) is 12.1. The minimum absolute atomic E-state index is 0.0699. The van der Waals surface area contributed by atoms with Crippen molar-refractivity contribution in [2.24, 2.45) is 0 Å². The third-order valence-corrected chi connectivity index (χ3v) is 4.69. The third-order valence-electron chi connectivity index (χ3n) is 2.99. The van der Waals surface area contributed by atoms with Gasteiger partial charge in [-0.2, -0.15) is 0 Å². The first-order valence-electron chi connectivity index (χ1n) is 5.90. The molecular weight excluding hydrogens is 288 g/mol. The molecule has 0 spiro atoms. The van der Waals surface area contributed by atoms with Gasteiger partial charge in [-0.05, 0) is 31.0 Å². The van der Waals surface area contributed by atoms with Gasteiger partial charge in [0.25, 0.3) is 0 Å². The van der Waals surface area contributed by atoms with Crippen LogP contribution in [0.15, 0.2) is 18.2 Å². The van der Waals surface area contributed by atoms with E-state index in [0.29, 0.717) is 18.7 Å². The lowest BCUT2D eigenvalue weighted by Crippen LogP contribution is -2.24. The van der Waals surface area contributed by atoms with Crippen molar-refractivity contribution in [2.45, 2.75) is 19.8 Å². The number of hydrogen-bond acceptors (Lipinski definition) is 3. The van der Waals surface area contributed by atoms with Crippen molar-refractivity contribution in [1.29, 1.82) is 0 Å². The van der Waals surface area contributed by atoms with E-state index in [1.165, 1.54) is 0 Å². The molecule has 19 heavy (non-hydrogen) atoms. The lowest BCUT2D eigenvalue weighted by atomic mass is 10.1. The summed E-state index contributed by atoms with van der Waals surface area (Å²) in [5, 5.41) is -0.501. The summed E-state index contributed by atoms with van der Waals surface area (Å²) in [7, 11) is -3.53. The zero-order chi connectivity index (χ0) is 14.0. The first-order chi connectivity index (χ1) is 8.93. The highest BCUT2D eigenvalue weighted by molar-refractivity contribution is 7.93. The number of anilines is 2. The summed E-state index contributed by atoms with van der Waals surface area (Å²) < 4.78 is 25.2. The molecule has 0 aliphatic carbocycles. The van der Waals surface area contributed by atoms with Crippen LogP contribution in [0.2, 0.25) is 0 Å². The highest BCUT2D eigenvalue weighted by Crippen LogP contribution is 2.28. The van der Waals surface area contributed by atoms with Crippen LogP contribution in [0.25, 0.3) is 0 Å². The van der Waals surface area contributed by atoms with Gasteiger partial charge in [0.15, 0.2) is 0 Å². The Bertz CT molecular complexity index is 601. The molecule has 2 rings (SSSR count). The van der Waals surface area contributed by atoms with Gasteiger partial charge >= 0.3 is 0 Å². The molecule has 1 fully saturated rings. The molecule has 104 valence electrons. The van der Waals surface area contributed by atoms with Crippen molar-refractivity contribution in [2.75, 3.05) is 21.4 Å². The molecule has 0 aromatic heterocycles. The highest BCUT2D eigenvalue weighted by atomic mass is 35.5. The maximum absolute atomic E-state index is 11.7. The average molecular weight is 303 g/mol. The number of hydrogen-bond donors (Lipinski definition) is 1. The standard InChI is InChI=1S/C12H15ClN2O3S/c1-9-4-5-10(14-19(17,18)8-13)7-11(9)15-6-2-3-12(15)16/h4-5,7,14H,2-3,6,8H2,1H3. The molecule has 5 nitrogen and oxygen atoms in total. The van der Waals surface area contributed by atoms with Crippen LogP contribution in [0.1, 0.15) is 18.4 Å². The molecule has 1 aromatic carbocycles. The Kier molecular flexibility index (Phi) is 4.01. The minimum Gasteiger partial charge on any atom is -0.312 e. The van der Waals surface area contributed by atoms with Gasteiger partial charge in [-0.25, -0.2) is 8.42 Å². The van der Waals surface area contributed by atoms with Gasteiger partial charge in [-0.1, -0.05) is 6.07 Å². The number of nitrogens with zero attached hydrogens (tertiary/aromatic N) is 1. The number of carbonyl (C=O) groups excluding carboxylic acids is 1. The van der Waals surface area contributed by atoms with Crippen LogP contribution in [-0.4, -0.2) is 26.1 Å². The third kappa shape index (κ3) is 3.19. The van der Waals surface area contributed by atoms with Crippen molar-refractivity contribution in [3.05, 3.63) is 23.8 Å². The van der Waals surface area contributed by atoms with Crippen LogP contribution in [-0.2, 0) is 14.8 Å². The molecule has 1 aromatic rings. The molecule has 1 aliphatic heterocycles. The molecule has 0 bridgehead atoms. The Morgan fingerprint density at radius 3 is 2.74 bits per heavy atom. The summed E-state index contributed by atoms with van der Waals surface area (Å²) in [5.41, 5.74) is 2.10. The van der Waals surface area contributed by atoms with Gasteiger partial charge in [0.1, 0.15) is 5.21 Å². The van der Waals surface area contributed by atoms with Crippen LogP contribution >= 0.6 is 11.6 Å². The molecule has 1 N–H and O–H groups in total. The topological polar surface area (TPSA) is 66.5 Å². The van der Waals surface area contributed by atoms with Crippen LogP contribution in [0.3, 0.4) is 0 Å². The van der Waals surface area contributed by atoms with Gasteiger partial charge in [-0.15, -0.1) is 11.6 Å². The Morgan fingerprint density at radius 2 is 2.16 bits per heavy atom. The molecule has 0 radical (unpaired) electrons. The second-order valence-corrected chi connectivity index (χ2v) is 6.78. The van der Waals surface area contributed by atoms with Crippen molar-refractivity contribution in [3.63, 3.8) is 0 Å². The second-order valence-electron chi connectivity index (χ2n) is 4.48. The normalized spacial score (nSPS) is 15.9. The van der Waals surface area contributed by atoms with E-state index >= 15 is 0 Å². The molecule has 1 saturated heterocycles. The molecule has 1 heterocycles. The fourth-order valence-electron chi connectivity index (χ4n) is 2.07. The van der Waals surface area contributed by atoms with Crippen LogP contribution in [0, 0.1) is 6.92 Å². The summed E-state index contributed by atoms with van der Waals surface area (Å²) in [5.74, 6) is 0.0699. The first kappa shape index (κ1) is 14.1. The van der Waals surface area contributed by atoms with E-state index in [4.69, 9.17) is 11.6 Å². The van der Waals surface area contributed by atoms with E-state index in [1.54, 1.807) is 23.1 Å². The summed E-state index contributed by atoms with van der Waals surface area (Å²) in [6.07, 6.45) is 1.37. The second kappa shape index (κ2) is 5.38. The Hall–Kier alpha value is -1.27. The molecule has 0 saturated carbocycles. The molecular formula is C12H15ClN2O3S. The maximum Gasteiger partial charge on any atom is 0.246 e. The van der Waals surface area contributed by atoms with Crippen molar-refractivity contribution < 1.29 is 13.2 Å². The van der Waals surface area contributed by atoms with Gasteiger partial charge in [0.2, 0.25) is 15.9 Å². The number of alkyl halides is 1. The van der Waals surface area contributed by atoms with E-state index in [9.17, 15) is 13.2 Å². The first-order valence-corrected chi connectivity index (χ1v) is 8.09. The van der Waals surface area contributed by atoms with E-state index in [0.717, 1.165) is 17.7 Å². The van der Waals surface area contributed by atoms with Crippen LogP contribution in [0.4, 0.5) is 11.4 Å². The van der Waals surface area contributed by atoms with Crippen molar-refractivity contribution in [3.8, 4) is 0 Å². The Balaban J connectivity index is 2.32. The van der Waals surface area contributed by atoms with Crippen LogP contribution < -0.4 is 9.62 Å². The van der Waals surface area contributed by atoms with Gasteiger partial charge < -0.3 is 4.90 Å². The number of aryl methyl sites for hydroxylation is 1. The summed E-state index contributed by atoms with van der Waals surface area (Å²) in [4.78, 5) is 13.4. The van der Waals surface area contributed by atoms with Gasteiger partial charge in [0.05, 0.1) is 5.69 Å². The smallest absolute Gasteiger partial charge is 0.246 e. The van der Waals surface area contributed by atoms with Crippen molar-refractivity contribution in [1.82, 2.24) is 0 Å². The van der Waals surface area contributed by atoms with Gasteiger partial charge in [-0.3, -0.25) is 9.52 Å². The van der Waals surface area contributed by atoms with Gasteiger partial charge in [0, 0.05) is 18.7 Å². The SMILES string of the molecule is Cc1ccc(NS(=O)(=O)CCl)cc1N1CCCC1=O. The Labute approximate surface area is 117 Å². The van der Waals surface area contributed by atoms with E-state index in [2.05, 4.69) is 4.72 Å². The van der Waals surface area contributed by atoms with E-state index in [-0.39, 0.29) is 5.91 Å². The molecule has 1 amide bonds. The predicted molar refractivity (Wildman–Crippen MR) is 76.0 cm³/mol. The van der Waals surface area contributed by atoms with E-state index < -0.39 is 15.2 Å². The largest absolute Gasteiger partial charge is 0.312 e. The van der Waals surface area contributed by atoms with Crippen molar-refractivity contribution >= 4 is 38.9 Å². The number of nitrogens with one attached hydrogen (secondary N) is 1. The fraction of sp³-hybridized carbons (Fsp3) is 0.417. The number of sulfonamides is 1. The number of halogens is 1. The number of carbonyl (C=O) groups is 1. The molecule has 7 heteroatoms. The minimum atomic E-state index is -3.53. The summed E-state index contributed by atoms with van der Waals surface area (Å²) in [6.45, 7) is 2.56. The predicted octanol–water partition coefficient (Wildman–Crippen LogP) is 2.06. The average Bonchev–Trinajstić information content (AvgIpc) is 2.78. The molecule has 1 aliphatic rings. The molecule has 0 unspecified atom stereocenters. The number of rotatable bonds is 4. The monoisotopic (exact) mass is 302 g/mol.